The Morgan fingerprint density at radius 1 is 1.33 bits per heavy atom. The molecule has 8 nitrogen and oxygen atoms in total. The number of rotatable bonds is 6. The van der Waals surface area contributed by atoms with Crippen molar-refractivity contribution in [2.24, 2.45) is 0 Å². The van der Waals surface area contributed by atoms with Crippen LogP contribution in [-0.2, 0) is 16.1 Å². The molecule has 0 radical (unpaired) electrons. The van der Waals surface area contributed by atoms with E-state index in [0.29, 0.717) is 48.5 Å². The van der Waals surface area contributed by atoms with E-state index in [2.05, 4.69) is 15.0 Å². The summed E-state index contributed by atoms with van der Waals surface area (Å²) in [6, 6.07) is 8.44. The number of benzene rings is 1. The summed E-state index contributed by atoms with van der Waals surface area (Å²) < 4.78 is 20.2. The van der Waals surface area contributed by atoms with Gasteiger partial charge in [0.15, 0.2) is 5.82 Å². The molecule has 1 aliphatic rings. The standard InChI is InChI=1S/C21H23FN6O2/c1-27(19-12-28(4-6-29)5-7-30-19)11-14-8-15(10-16(22)9-14)17-2-3-18-20(26-17)21(23)25-13-24-18/h2-3,6,8-10,13,19H,4-5,7,11-12H2,1H3,(H2,23,24,25). The number of fused-ring (bicyclic) bond motifs is 1. The van der Waals surface area contributed by atoms with Crippen molar-refractivity contribution in [2.45, 2.75) is 12.8 Å². The molecule has 30 heavy (non-hydrogen) atoms. The van der Waals surface area contributed by atoms with Crippen molar-refractivity contribution in [1.29, 1.82) is 0 Å². The topological polar surface area (TPSA) is 97.5 Å². The van der Waals surface area contributed by atoms with E-state index in [1.54, 1.807) is 12.1 Å². The second-order valence-electron chi connectivity index (χ2n) is 7.34. The first-order valence-corrected chi connectivity index (χ1v) is 9.68. The van der Waals surface area contributed by atoms with E-state index in [-0.39, 0.29) is 17.9 Å². The predicted octanol–water partition coefficient (Wildman–Crippen LogP) is 1.70. The van der Waals surface area contributed by atoms with Crippen LogP contribution in [0.3, 0.4) is 0 Å². The maximum Gasteiger partial charge on any atom is 0.153 e. The van der Waals surface area contributed by atoms with Gasteiger partial charge in [0, 0.05) is 25.2 Å². The van der Waals surface area contributed by atoms with Gasteiger partial charge in [-0.2, -0.15) is 0 Å². The van der Waals surface area contributed by atoms with Crippen molar-refractivity contribution < 1.29 is 13.9 Å². The van der Waals surface area contributed by atoms with E-state index < -0.39 is 0 Å². The summed E-state index contributed by atoms with van der Waals surface area (Å²) in [5.41, 5.74) is 9.07. The van der Waals surface area contributed by atoms with Crippen LogP contribution < -0.4 is 5.73 Å². The lowest BCUT2D eigenvalue weighted by atomic mass is 10.1. The average Bonchev–Trinajstić information content (AvgIpc) is 2.74. The van der Waals surface area contributed by atoms with E-state index in [1.807, 2.05) is 22.9 Å². The number of nitrogens with zero attached hydrogens (tertiary/aromatic N) is 5. The highest BCUT2D eigenvalue weighted by molar-refractivity contribution is 5.85. The Morgan fingerprint density at radius 2 is 2.20 bits per heavy atom. The second-order valence-corrected chi connectivity index (χ2v) is 7.34. The van der Waals surface area contributed by atoms with Crippen LogP contribution in [0.25, 0.3) is 22.3 Å². The minimum atomic E-state index is -0.345. The van der Waals surface area contributed by atoms with Crippen molar-refractivity contribution in [2.75, 3.05) is 39.0 Å². The Bertz CT molecular complexity index is 1060. The van der Waals surface area contributed by atoms with E-state index in [9.17, 15) is 9.18 Å². The number of likely N-dealkylation sites (N-methyl/N-ethyl adjacent to an activating group) is 1. The van der Waals surface area contributed by atoms with Crippen LogP contribution in [0.15, 0.2) is 36.7 Å². The summed E-state index contributed by atoms with van der Waals surface area (Å²) in [4.78, 5) is 27.5. The molecule has 4 rings (SSSR count). The highest BCUT2D eigenvalue weighted by Gasteiger charge is 2.24. The Morgan fingerprint density at radius 3 is 3.03 bits per heavy atom. The van der Waals surface area contributed by atoms with Crippen LogP contribution in [0.1, 0.15) is 5.56 Å². The third-order valence-electron chi connectivity index (χ3n) is 5.15. The zero-order valence-electron chi connectivity index (χ0n) is 16.7. The maximum atomic E-state index is 14.4. The first-order valence-electron chi connectivity index (χ1n) is 9.68. The van der Waals surface area contributed by atoms with Gasteiger partial charge in [-0.25, -0.2) is 19.3 Å². The monoisotopic (exact) mass is 410 g/mol. The van der Waals surface area contributed by atoms with Crippen LogP contribution in [0.2, 0.25) is 0 Å². The molecule has 0 aliphatic carbocycles. The number of carbonyl (C=O) groups excluding carboxylic acids is 1. The van der Waals surface area contributed by atoms with Crippen LogP contribution >= 0.6 is 0 Å². The highest BCUT2D eigenvalue weighted by atomic mass is 19.1. The lowest BCUT2D eigenvalue weighted by molar-refractivity contribution is -0.119. The third-order valence-corrected chi connectivity index (χ3v) is 5.15. The molecular weight excluding hydrogens is 387 g/mol. The van der Waals surface area contributed by atoms with Gasteiger partial charge in [-0.3, -0.25) is 9.80 Å². The summed E-state index contributed by atoms with van der Waals surface area (Å²) in [7, 11) is 1.92. The van der Waals surface area contributed by atoms with Crippen LogP contribution in [0, 0.1) is 5.82 Å². The zero-order chi connectivity index (χ0) is 21.1. The number of nitrogens with two attached hydrogens (primary N) is 1. The smallest absolute Gasteiger partial charge is 0.153 e. The van der Waals surface area contributed by atoms with E-state index >= 15 is 0 Å². The molecule has 0 bridgehead atoms. The van der Waals surface area contributed by atoms with Crippen molar-refractivity contribution in [3.05, 3.63) is 48.0 Å². The Kier molecular flexibility index (Phi) is 5.93. The van der Waals surface area contributed by atoms with Crippen LogP contribution in [0.5, 0.6) is 0 Å². The molecule has 0 spiro atoms. The predicted molar refractivity (Wildman–Crippen MR) is 111 cm³/mol. The Labute approximate surface area is 173 Å². The molecule has 9 heteroatoms. The van der Waals surface area contributed by atoms with Crippen molar-refractivity contribution in [3.8, 4) is 11.3 Å². The van der Waals surface area contributed by atoms with E-state index in [4.69, 9.17) is 10.5 Å². The number of morpholine rings is 1. The first-order chi connectivity index (χ1) is 14.5. The molecule has 3 aromatic rings. The summed E-state index contributed by atoms with van der Waals surface area (Å²) in [5.74, 6) is -0.0604. The molecule has 2 N–H and O–H groups in total. The normalized spacial score (nSPS) is 17.5. The minimum Gasteiger partial charge on any atom is -0.382 e. The molecule has 1 fully saturated rings. The summed E-state index contributed by atoms with van der Waals surface area (Å²) in [6.45, 7) is 2.79. The molecular formula is C21H23FN6O2. The van der Waals surface area contributed by atoms with Gasteiger partial charge >= 0.3 is 0 Å². The Hall–Kier alpha value is -3.01. The molecule has 1 aliphatic heterocycles. The van der Waals surface area contributed by atoms with Crippen molar-refractivity contribution in [1.82, 2.24) is 24.8 Å². The minimum absolute atomic E-state index is 0.166. The molecule has 1 aromatic carbocycles. The fraction of sp³-hybridized carbons (Fsp3) is 0.333. The molecule has 1 saturated heterocycles. The van der Waals surface area contributed by atoms with Gasteiger partial charge in [0.1, 0.15) is 30.2 Å². The fourth-order valence-electron chi connectivity index (χ4n) is 3.62. The molecule has 1 atom stereocenters. The molecule has 2 aromatic heterocycles. The SMILES string of the molecule is CN(Cc1cc(F)cc(-c2ccc3ncnc(N)c3n2)c1)C1CN(CC=O)CCO1. The number of aldehydes is 1. The average molecular weight is 410 g/mol. The summed E-state index contributed by atoms with van der Waals surface area (Å²) in [6.07, 6.45) is 2.12. The number of ether oxygens (including phenoxy) is 1. The van der Waals surface area contributed by atoms with E-state index in [1.165, 1.54) is 18.5 Å². The number of halogens is 1. The molecule has 1 unspecified atom stereocenters. The number of anilines is 1. The third kappa shape index (κ3) is 4.43. The Balaban J connectivity index is 1.56. The summed E-state index contributed by atoms with van der Waals surface area (Å²) in [5, 5.41) is 0. The van der Waals surface area contributed by atoms with E-state index in [0.717, 1.165) is 18.4 Å². The molecule has 0 saturated carbocycles. The molecule has 3 heterocycles. The van der Waals surface area contributed by atoms with Gasteiger partial charge in [-0.05, 0) is 42.9 Å². The van der Waals surface area contributed by atoms with Crippen LogP contribution in [0.4, 0.5) is 10.2 Å². The molecule has 0 amide bonds. The number of hydrogen-bond acceptors (Lipinski definition) is 8. The number of nitrogen functional groups attached to an aromatic ring is 1. The highest BCUT2D eigenvalue weighted by Crippen LogP contribution is 2.25. The second kappa shape index (κ2) is 8.78. The van der Waals surface area contributed by atoms with Crippen molar-refractivity contribution in [3.63, 3.8) is 0 Å². The van der Waals surface area contributed by atoms with Gasteiger partial charge in [0.05, 0.1) is 24.4 Å². The largest absolute Gasteiger partial charge is 0.382 e. The van der Waals surface area contributed by atoms with Gasteiger partial charge < -0.3 is 15.3 Å². The first kappa shape index (κ1) is 20.3. The number of pyridine rings is 1. The number of carbonyl (C=O) groups is 1. The lowest BCUT2D eigenvalue weighted by Gasteiger charge is -2.36. The zero-order valence-corrected chi connectivity index (χ0v) is 16.7. The van der Waals surface area contributed by atoms with Gasteiger partial charge in [-0.15, -0.1) is 0 Å². The summed E-state index contributed by atoms with van der Waals surface area (Å²) >= 11 is 0. The van der Waals surface area contributed by atoms with Gasteiger partial charge in [0.25, 0.3) is 0 Å². The molecule has 156 valence electrons. The van der Waals surface area contributed by atoms with Crippen molar-refractivity contribution >= 4 is 23.1 Å². The number of hydrogen-bond donors (Lipinski definition) is 1. The van der Waals surface area contributed by atoms with Crippen LogP contribution in [-0.4, -0.2) is 70.6 Å². The fourth-order valence-corrected chi connectivity index (χ4v) is 3.62. The number of aromatic nitrogens is 3. The maximum absolute atomic E-state index is 14.4. The quantitative estimate of drug-likeness (QED) is 0.614. The lowest BCUT2D eigenvalue weighted by Crippen LogP contribution is -2.49. The van der Waals surface area contributed by atoms with Gasteiger partial charge in [0.2, 0.25) is 0 Å². The van der Waals surface area contributed by atoms with Gasteiger partial charge in [-0.1, -0.05) is 0 Å².